The minimum absolute atomic E-state index is 0.348. The highest BCUT2D eigenvalue weighted by Crippen LogP contribution is 2.47. The summed E-state index contributed by atoms with van der Waals surface area (Å²) in [6, 6.07) is 5.75. The molecule has 192 valence electrons. The van der Waals surface area contributed by atoms with Crippen molar-refractivity contribution in [3.8, 4) is 0 Å². The predicted octanol–water partition coefficient (Wildman–Crippen LogP) is 5.82. The monoisotopic (exact) mass is 490 g/mol. The molecular formula is C30H38N2O4. The van der Waals surface area contributed by atoms with Crippen LogP contribution in [0, 0.1) is 5.92 Å². The van der Waals surface area contributed by atoms with Crippen LogP contribution in [-0.2, 0) is 16.0 Å². The number of ether oxygens (including phenoxy) is 2. The van der Waals surface area contributed by atoms with E-state index in [1.807, 2.05) is 6.07 Å². The molecule has 1 spiro atoms. The van der Waals surface area contributed by atoms with E-state index >= 15 is 0 Å². The maximum absolute atomic E-state index is 12.0. The first-order chi connectivity index (χ1) is 17.4. The molecule has 6 heteroatoms. The number of carbonyl (C=O) groups is 1. The van der Waals surface area contributed by atoms with Crippen molar-refractivity contribution < 1.29 is 19.4 Å². The molecule has 1 saturated carbocycles. The molecule has 1 aromatic carbocycles. The van der Waals surface area contributed by atoms with Gasteiger partial charge in [0.1, 0.15) is 18.0 Å². The van der Waals surface area contributed by atoms with Crippen molar-refractivity contribution in [2.24, 2.45) is 5.92 Å². The van der Waals surface area contributed by atoms with Gasteiger partial charge in [-0.05, 0) is 81.8 Å². The summed E-state index contributed by atoms with van der Waals surface area (Å²) in [4.78, 5) is 14.2. The number of fused-ring (bicyclic) bond motifs is 4. The molecule has 1 aromatic heterocycles. The van der Waals surface area contributed by atoms with Crippen LogP contribution in [0.1, 0.15) is 78.9 Å². The number of allylic oxidation sites excluding steroid dienone is 3. The van der Waals surface area contributed by atoms with Crippen LogP contribution in [0.5, 0.6) is 0 Å². The zero-order valence-electron chi connectivity index (χ0n) is 21.6. The third-order valence-corrected chi connectivity index (χ3v) is 8.62. The lowest BCUT2D eigenvalue weighted by Crippen LogP contribution is -2.40. The second-order valence-electron chi connectivity index (χ2n) is 11.6. The van der Waals surface area contributed by atoms with Gasteiger partial charge in [-0.2, -0.15) is 0 Å². The lowest BCUT2D eigenvalue weighted by atomic mass is 9.80. The number of carboxylic acid groups (broad SMARTS) is 1. The maximum Gasteiger partial charge on any atom is 0.335 e. The topological polar surface area (TPSA) is 63.9 Å². The van der Waals surface area contributed by atoms with E-state index in [0.717, 1.165) is 43.7 Å². The molecule has 2 unspecified atom stereocenters. The fraction of sp³-hybridized carbons (Fsp3) is 0.567. The second-order valence-corrected chi connectivity index (χ2v) is 11.6. The van der Waals surface area contributed by atoms with Crippen LogP contribution in [0.4, 0.5) is 0 Å². The zero-order valence-corrected chi connectivity index (χ0v) is 21.6. The van der Waals surface area contributed by atoms with Gasteiger partial charge in [-0.15, -0.1) is 0 Å². The molecule has 1 saturated heterocycles. The van der Waals surface area contributed by atoms with E-state index < -0.39 is 11.6 Å². The molecule has 0 radical (unpaired) electrons. The van der Waals surface area contributed by atoms with Gasteiger partial charge in [0.05, 0.1) is 24.4 Å². The molecule has 36 heavy (non-hydrogen) atoms. The Morgan fingerprint density at radius 3 is 2.83 bits per heavy atom. The van der Waals surface area contributed by atoms with E-state index in [4.69, 9.17) is 9.47 Å². The number of aromatic carboxylic acids is 1. The second kappa shape index (κ2) is 9.38. The number of hydrogen-bond acceptors (Lipinski definition) is 4. The maximum atomic E-state index is 12.0. The van der Waals surface area contributed by atoms with Gasteiger partial charge in [-0.25, -0.2) is 4.79 Å². The third kappa shape index (κ3) is 4.18. The fourth-order valence-electron chi connectivity index (χ4n) is 7.14. The first-order valence-corrected chi connectivity index (χ1v) is 13.6. The summed E-state index contributed by atoms with van der Waals surface area (Å²) in [5, 5.41) is 11.0. The predicted molar refractivity (Wildman–Crippen MR) is 141 cm³/mol. The Morgan fingerprint density at radius 1 is 1.22 bits per heavy atom. The SMILES string of the molecule is CN(C)CC1COC2(COC3=C(CCC=C3)c3c(C4CCCCC4)c4ccc(C(=O)O)cc4n3C2)C1. The van der Waals surface area contributed by atoms with Crippen molar-refractivity contribution in [2.45, 2.75) is 69.4 Å². The van der Waals surface area contributed by atoms with E-state index in [1.165, 1.54) is 54.3 Å². The van der Waals surface area contributed by atoms with E-state index in [2.05, 4.69) is 41.8 Å². The summed E-state index contributed by atoms with van der Waals surface area (Å²) in [7, 11) is 4.23. The number of benzene rings is 1. The molecule has 3 heterocycles. The molecule has 2 aliphatic carbocycles. The van der Waals surface area contributed by atoms with E-state index in [0.29, 0.717) is 30.6 Å². The molecule has 2 fully saturated rings. The van der Waals surface area contributed by atoms with Crippen molar-refractivity contribution in [1.29, 1.82) is 0 Å². The lowest BCUT2D eigenvalue weighted by Gasteiger charge is -2.35. The molecule has 6 rings (SSSR count). The molecular weight excluding hydrogens is 452 g/mol. The van der Waals surface area contributed by atoms with E-state index in [-0.39, 0.29) is 0 Å². The Balaban J connectivity index is 1.57. The molecule has 4 aliphatic rings. The molecule has 1 N–H and O–H groups in total. The van der Waals surface area contributed by atoms with Crippen LogP contribution in [0.2, 0.25) is 0 Å². The van der Waals surface area contributed by atoms with Crippen LogP contribution in [0.15, 0.2) is 36.1 Å². The summed E-state index contributed by atoms with van der Waals surface area (Å²) in [5.41, 5.74) is 4.93. The third-order valence-electron chi connectivity index (χ3n) is 8.62. The summed E-state index contributed by atoms with van der Waals surface area (Å²) in [5.74, 6) is 1.05. The number of hydrogen-bond donors (Lipinski definition) is 1. The van der Waals surface area contributed by atoms with E-state index in [1.54, 1.807) is 6.07 Å². The molecule has 2 aliphatic heterocycles. The van der Waals surface area contributed by atoms with Gasteiger partial charge >= 0.3 is 5.97 Å². The number of carboxylic acids is 1. The highest BCUT2D eigenvalue weighted by molar-refractivity contribution is 5.97. The van der Waals surface area contributed by atoms with E-state index in [9.17, 15) is 9.90 Å². The van der Waals surface area contributed by atoms with Gasteiger partial charge in [0.2, 0.25) is 0 Å². The summed E-state index contributed by atoms with van der Waals surface area (Å²) in [6.45, 7) is 2.94. The summed E-state index contributed by atoms with van der Waals surface area (Å²) in [6.07, 6.45) is 13.5. The molecule has 0 amide bonds. The molecule has 0 bridgehead atoms. The minimum Gasteiger partial charge on any atom is -0.490 e. The lowest BCUT2D eigenvalue weighted by molar-refractivity contribution is -0.0579. The van der Waals surface area contributed by atoms with Crippen molar-refractivity contribution in [2.75, 3.05) is 33.9 Å². The van der Waals surface area contributed by atoms with Crippen LogP contribution in [0.3, 0.4) is 0 Å². The minimum atomic E-state index is -0.876. The Kier molecular flexibility index (Phi) is 6.21. The normalized spacial score (nSPS) is 26.7. The smallest absolute Gasteiger partial charge is 0.335 e. The van der Waals surface area contributed by atoms with Gasteiger partial charge in [-0.1, -0.05) is 31.4 Å². The van der Waals surface area contributed by atoms with Gasteiger partial charge in [0, 0.05) is 23.0 Å². The first kappa shape index (κ1) is 23.8. The Morgan fingerprint density at radius 2 is 2.06 bits per heavy atom. The Hall–Kier alpha value is -2.57. The van der Waals surface area contributed by atoms with Gasteiger partial charge < -0.3 is 24.0 Å². The summed E-state index contributed by atoms with van der Waals surface area (Å²) < 4.78 is 15.6. The first-order valence-electron chi connectivity index (χ1n) is 13.6. The van der Waals surface area contributed by atoms with Gasteiger partial charge in [-0.3, -0.25) is 0 Å². The molecule has 2 atom stereocenters. The van der Waals surface area contributed by atoms with Crippen molar-refractivity contribution >= 4 is 22.4 Å². The summed E-state index contributed by atoms with van der Waals surface area (Å²) >= 11 is 0. The Bertz CT molecular complexity index is 1230. The van der Waals surface area contributed by atoms with Crippen molar-refractivity contribution in [3.05, 3.63) is 52.9 Å². The number of aromatic nitrogens is 1. The number of nitrogens with zero attached hydrogens (tertiary/aromatic N) is 2. The number of rotatable bonds is 4. The van der Waals surface area contributed by atoms with Crippen molar-refractivity contribution in [1.82, 2.24) is 9.47 Å². The van der Waals surface area contributed by atoms with Gasteiger partial charge in [0.15, 0.2) is 0 Å². The highest BCUT2D eigenvalue weighted by atomic mass is 16.5. The van der Waals surface area contributed by atoms with Crippen LogP contribution in [0.25, 0.3) is 16.5 Å². The quantitative estimate of drug-likeness (QED) is 0.586. The molecule has 2 aromatic rings. The largest absolute Gasteiger partial charge is 0.490 e. The average molecular weight is 491 g/mol. The average Bonchev–Trinajstić information content (AvgIpc) is 3.40. The fourth-order valence-corrected chi connectivity index (χ4v) is 7.14. The van der Waals surface area contributed by atoms with Gasteiger partial charge in [0.25, 0.3) is 0 Å². The van der Waals surface area contributed by atoms with Crippen LogP contribution < -0.4 is 0 Å². The zero-order chi connectivity index (χ0) is 24.9. The Labute approximate surface area is 213 Å². The van der Waals surface area contributed by atoms with Crippen molar-refractivity contribution in [3.63, 3.8) is 0 Å². The highest BCUT2D eigenvalue weighted by Gasteiger charge is 2.44. The standard InChI is InChI=1S/C30H38N2O4/c1-31(2)16-20-15-30(36-17-20)18-32-25-14-22(29(33)34)12-13-23(25)27(21-8-4-3-5-9-21)28(32)24-10-6-7-11-26(24)35-19-30/h7,11-14,20-21H,3-6,8-10,15-19H2,1-2H3,(H,33,34). The van der Waals surface area contributed by atoms with Crippen LogP contribution >= 0.6 is 0 Å². The van der Waals surface area contributed by atoms with Crippen LogP contribution in [-0.4, -0.2) is 60.0 Å². The molecule has 6 nitrogen and oxygen atoms in total.